The van der Waals surface area contributed by atoms with Gasteiger partial charge in [-0.25, -0.2) is 0 Å². The summed E-state index contributed by atoms with van der Waals surface area (Å²) in [4.78, 5) is 0. The number of aryl methyl sites for hydroxylation is 4. The fourth-order valence-electron chi connectivity index (χ4n) is 2.65. The highest BCUT2D eigenvalue weighted by Crippen LogP contribution is 2.20. The van der Waals surface area contributed by atoms with Crippen LogP contribution < -0.4 is 9.47 Å². The maximum Gasteiger partial charge on any atom is 0.122 e. The van der Waals surface area contributed by atoms with E-state index in [9.17, 15) is 0 Å². The first-order valence-electron chi connectivity index (χ1n) is 8.96. The van der Waals surface area contributed by atoms with Gasteiger partial charge >= 0.3 is 0 Å². The van der Waals surface area contributed by atoms with Gasteiger partial charge in [-0.05, 0) is 87.8 Å². The fraction of sp³-hybridized carbons (Fsp3) is 0.455. The van der Waals surface area contributed by atoms with Crippen molar-refractivity contribution < 1.29 is 9.47 Å². The van der Waals surface area contributed by atoms with Crippen LogP contribution in [-0.2, 0) is 0 Å². The van der Waals surface area contributed by atoms with Gasteiger partial charge in [0.15, 0.2) is 0 Å². The molecule has 0 bridgehead atoms. The number of rotatable bonds is 9. The molecule has 2 rings (SSSR count). The second-order valence-corrected chi connectivity index (χ2v) is 6.65. The molecule has 0 saturated heterocycles. The van der Waals surface area contributed by atoms with Crippen molar-refractivity contribution in [2.24, 2.45) is 0 Å². The van der Waals surface area contributed by atoms with E-state index in [1.165, 1.54) is 35.1 Å². The molecule has 0 fully saturated rings. The average molecular weight is 326 g/mol. The summed E-state index contributed by atoms with van der Waals surface area (Å²) in [6, 6.07) is 12.7. The summed E-state index contributed by atoms with van der Waals surface area (Å²) in [7, 11) is 0. The van der Waals surface area contributed by atoms with E-state index >= 15 is 0 Å². The van der Waals surface area contributed by atoms with Crippen LogP contribution in [0.4, 0.5) is 0 Å². The Labute approximate surface area is 146 Å². The lowest BCUT2D eigenvalue weighted by atomic mass is 10.1. The molecule has 0 spiro atoms. The van der Waals surface area contributed by atoms with Crippen LogP contribution in [0, 0.1) is 27.7 Å². The van der Waals surface area contributed by atoms with Crippen LogP contribution in [-0.4, -0.2) is 13.2 Å². The molecule has 2 nitrogen and oxygen atoms in total. The van der Waals surface area contributed by atoms with E-state index in [4.69, 9.17) is 9.47 Å². The van der Waals surface area contributed by atoms with Crippen LogP contribution in [0.5, 0.6) is 11.5 Å². The third-order valence-electron chi connectivity index (χ3n) is 4.24. The normalized spacial score (nSPS) is 10.7. The zero-order chi connectivity index (χ0) is 17.4. The summed E-state index contributed by atoms with van der Waals surface area (Å²) in [6.45, 7) is 9.98. The Morgan fingerprint density at radius 1 is 0.583 bits per heavy atom. The van der Waals surface area contributed by atoms with E-state index in [0.29, 0.717) is 0 Å². The maximum absolute atomic E-state index is 5.89. The molecular formula is C22H30O2. The standard InChI is InChI=1S/C22H30O2/c1-17-9-11-19(3)21(15-17)23-13-7-5-6-8-14-24-22-16-18(2)10-12-20(22)4/h9-12,15-16H,5-8,13-14H2,1-4H3. The molecule has 0 unspecified atom stereocenters. The third-order valence-corrected chi connectivity index (χ3v) is 4.24. The van der Waals surface area contributed by atoms with Crippen molar-refractivity contribution in [1.29, 1.82) is 0 Å². The van der Waals surface area contributed by atoms with Crippen molar-refractivity contribution in [2.45, 2.75) is 53.4 Å². The van der Waals surface area contributed by atoms with Crippen LogP contribution in [0.3, 0.4) is 0 Å². The van der Waals surface area contributed by atoms with Crippen molar-refractivity contribution >= 4 is 0 Å². The van der Waals surface area contributed by atoms with Crippen LogP contribution in [0.1, 0.15) is 47.9 Å². The van der Waals surface area contributed by atoms with E-state index in [2.05, 4.69) is 64.1 Å². The minimum absolute atomic E-state index is 0.794. The van der Waals surface area contributed by atoms with E-state index in [0.717, 1.165) is 37.6 Å². The number of unbranched alkanes of at least 4 members (excludes halogenated alkanes) is 3. The van der Waals surface area contributed by atoms with Gasteiger partial charge in [-0.2, -0.15) is 0 Å². The number of hydrogen-bond donors (Lipinski definition) is 0. The SMILES string of the molecule is Cc1ccc(C)c(OCCCCCCOc2cc(C)ccc2C)c1. The first-order valence-corrected chi connectivity index (χ1v) is 8.96. The molecule has 0 aliphatic carbocycles. The molecule has 0 aliphatic rings. The predicted octanol–water partition coefficient (Wildman–Crippen LogP) is 5.94. The molecule has 0 aliphatic heterocycles. The maximum atomic E-state index is 5.89. The quantitative estimate of drug-likeness (QED) is 0.531. The molecule has 130 valence electrons. The lowest BCUT2D eigenvalue weighted by Gasteiger charge is -2.11. The van der Waals surface area contributed by atoms with Crippen molar-refractivity contribution in [3.63, 3.8) is 0 Å². The molecule has 0 radical (unpaired) electrons. The highest BCUT2D eigenvalue weighted by atomic mass is 16.5. The Kier molecular flexibility index (Phi) is 7.17. The number of benzene rings is 2. The van der Waals surface area contributed by atoms with Gasteiger partial charge in [0.05, 0.1) is 13.2 Å². The molecule has 0 aromatic heterocycles. The molecule has 2 aromatic rings. The first kappa shape index (κ1) is 18.4. The smallest absolute Gasteiger partial charge is 0.122 e. The predicted molar refractivity (Wildman–Crippen MR) is 101 cm³/mol. The van der Waals surface area contributed by atoms with Gasteiger partial charge in [-0.1, -0.05) is 24.3 Å². The van der Waals surface area contributed by atoms with E-state index in [1.54, 1.807) is 0 Å². The molecule has 0 N–H and O–H groups in total. The molecule has 24 heavy (non-hydrogen) atoms. The fourth-order valence-corrected chi connectivity index (χ4v) is 2.65. The van der Waals surface area contributed by atoms with Crippen LogP contribution in [0.15, 0.2) is 36.4 Å². The Morgan fingerprint density at radius 3 is 1.42 bits per heavy atom. The van der Waals surface area contributed by atoms with Gasteiger partial charge in [0.1, 0.15) is 11.5 Å². The zero-order valence-corrected chi connectivity index (χ0v) is 15.5. The van der Waals surface area contributed by atoms with E-state index in [-0.39, 0.29) is 0 Å². The van der Waals surface area contributed by atoms with Crippen molar-refractivity contribution in [1.82, 2.24) is 0 Å². The Bertz CT molecular complexity index is 589. The molecule has 0 saturated carbocycles. The molecule has 2 aromatic carbocycles. The molecule has 0 amide bonds. The van der Waals surface area contributed by atoms with Crippen molar-refractivity contribution in [3.8, 4) is 11.5 Å². The minimum atomic E-state index is 0.794. The van der Waals surface area contributed by atoms with Gasteiger partial charge in [-0.15, -0.1) is 0 Å². The zero-order valence-electron chi connectivity index (χ0n) is 15.5. The first-order chi connectivity index (χ1) is 11.6. The Hall–Kier alpha value is -1.96. The van der Waals surface area contributed by atoms with Gasteiger partial charge in [-0.3, -0.25) is 0 Å². The summed E-state index contributed by atoms with van der Waals surface area (Å²) in [6.07, 6.45) is 4.55. The Balaban J connectivity index is 1.57. The summed E-state index contributed by atoms with van der Waals surface area (Å²) < 4.78 is 11.8. The summed E-state index contributed by atoms with van der Waals surface area (Å²) in [5.74, 6) is 2.04. The molecular weight excluding hydrogens is 296 g/mol. The third kappa shape index (κ3) is 5.92. The van der Waals surface area contributed by atoms with Crippen LogP contribution in [0.2, 0.25) is 0 Å². The van der Waals surface area contributed by atoms with E-state index in [1.807, 2.05) is 0 Å². The highest BCUT2D eigenvalue weighted by Gasteiger charge is 2.01. The van der Waals surface area contributed by atoms with Crippen LogP contribution in [0.25, 0.3) is 0 Å². The van der Waals surface area contributed by atoms with Gasteiger partial charge < -0.3 is 9.47 Å². The number of hydrogen-bond acceptors (Lipinski definition) is 2. The monoisotopic (exact) mass is 326 g/mol. The second-order valence-electron chi connectivity index (χ2n) is 6.65. The highest BCUT2D eigenvalue weighted by molar-refractivity contribution is 5.36. The second kappa shape index (κ2) is 9.36. The van der Waals surface area contributed by atoms with E-state index < -0.39 is 0 Å². The molecule has 0 heterocycles. The van der Waals surface area contributed by atoms with Gasteiger partial charge in [0.2, 0.25) is 0 Å². The largest absolute Gasteiger partial charge is 0.493 e. The molecule has 2 heteroatoms. The summed E-state index contributed by atoms with van der Waals surface area (Å²) in [5.41, 5.74) is 4.92. The Morgan fingerprint density at radius 2 is 1.00 bits per heavy atom. The average Bonchev–Trinajstić information content (AvgIpc) is 2.56. The lowest BCUT2D eigenvalue weighted by molar-refractivity contribution is 0.285. The minimum Gasteiger partial charge on any atom is -0.493 e. The van der Waals surface area contributed by atoms with Gasteiger partial charge in [0, 0.05) is 0 Å². The van der Waals surface area contributed by atoms with Crippen LogP contribution >= 0.6 is 0 Å². The van der Waals surface area contributed by atoms with Crippen molar-refractivity contribution in [3.05, 3.63) is 58.7 Å². The summed E-state index contributed by atoms with van der Waals surface area (Å²) >= 11 is 0. The lowest BCUT2D eigenvalue weighted by Crippen LogP contribution is -2.01. The molecule has 0 atom stereocenters. The van der Waals surface area contributed by atoms with Gasteiger partial charge in [0.25, 0.3) is 0 Å². The number of ether oxygens (including phenoxy) is 2. The topological polar surface area (TPSA) is 18.5 Å². The summed E-state index contributed by atoms with van der Waals surface area (Å²) in [5, 5.41) is 0. The van der Waals surface area contributed by atoms with Crippen molar-refractivity contribution in [2.75, 3.05) is 13.2 Å².